The Kier molecular flexibility index (Phi) is 6.98. The van der Waals surface area contributed by atoms with Gasteiger partial charge in [-0.3, -0.25) is 9.58 Å². The summed E-state index contributed by atoms with van der Waals surface area (Å²) in [4.78, 5) is 2.24. The average molecular weight is 316 g/mol. The predicted octanol–water partition coefficient (Wildman–Crippen LogP) is 2.47. The largest absolute Gasteiger partial charge is 0.409 e. The minimum absolute atomic E-state index is 0.241. The van der Waals surface area contributed by atoms with E-state index in [1.807, 2.05) is 4.68 Å². The van der Waals surface area contributed by atoms with Gasteiger partial charge in [0.1, 0.15) is 5.84 Å². The first-order chi connectivity index (χ1) is 9.94. The van der Waals surface area contributed by atoms with Gasteiger partial charge in [0.15, 0.2) is 0 Å². The lowest BCUT2D eigenvalue weighted by Crippen LogP contribution is -2.34. The number of hydrogen-bond acceptors (Lipinski definition) is 4. The zero-order chi connectivity index (χ0) is 16.0. The SMILES string of the molecule is CCc1nn(CC)c(CN(CCC(N)=NO)C(C)C)c1Cl. The maximum atomic E-state index is 8.65. The molecule has 0 spiro atoms. The highest BCUT2D eigenvalue weighted by Gasteiger charge is 2.19. The number of rotatable bonds is 8. The third-order valence-corrected chi connectivity index (χ3v) is 4.00. The van der Waals surface area contributed by atoms with Crippen LogP contribution < -0.4 is 5.73 Å². The van der Waals surface area contributed by atoms with Gasteiger partial charge in [0, 0.05) is 32.1 Å². The van der Waals surface area contributed by atoms with Crippen LogP contribution in [0.5, 0.6) is 0 Å². The maximum Gasteiger partial charge on any atom is 0.140 e. The van der Waals surface area contributed by atoms with Gasteiger partial charge in [-0.1, -0.05) is 23.7 Å². The fourth-order valence-corrected chi connectivity index (χ4v) is 2.52. The molecule has 7 heteroatoms. The Morgan fingerprint density at radius 1 is 1.48 bits per heavy atom. The molecule has 0 aliphatic carbocycles. The molecule has 6 nitrogen and oxygen atoms in total. The van der Waals surface area contributed by atoms with Crippen LogP contribution in [-0.2, 0) is 19.5 Å². The van der Waals surface area contributed by atoms with Gasteiger partial charge >= 0.3 is 0 Å². The normalized spacial score (nSPS) is 12.6. The second-order valence-corrected chi connectivity index (χ2v) is 5.66. The molecule has 0 aromatic carbocycles. The highest BCUT2D eigenvalue weighted by atomic mass is 35.5. The standard InChI is InChI=1S/C14H26ClN5O/c1-5-11-14(15)12(20(6-2)17-11)9-19(10(3)4)8-7-13(16)18-21/h10,21H,5-9H2,1-4H3,(H2,16,18). The van der Waals surface area contributed by atoms with Crippen LogP contribution >= 0.6 is 11.6 Å². The van der Waals surface area contributed by atoms with Crippen molar-refractivity contribution in [3.63, 3.8) is 0 Å². The molecule has 1 aromatic rings. The summed E-state index contributed by atoms with van der Waals surface area (Å²) in [6.07, 6.45) is 1.35. The zero-order valence-electron chi connectivity index (χ0n) is 13.3. The number of hydrogen-bond donors (Lipinski definition) is 2. The molecule has 0 atom stereocenters. The van der Waals surface area contributed by atoms with Crippen LogP contribution in [0.2, 0.25) is 5.02 Å². The average Bonchev–Trinajstić information content (AvgIpc) is 2.78. The van der Waals surface area contributed by atoms with E-state index in [0.717, 1.165) is 29.4 Å². The lowest BCUT2D eigenvalue weighted by atomic mass is 10.2. The molecule has 0 saturated carbocycles. The highest BCUT2D eigenvalue weighted by Crippen LogP contribution is 2.23. The first kappa shape index (κ1) is 17.8. The van der Waals surface area contributed by atoms with E-state index in [1.165, 1.54) is 0 Å². The molecule has 0 radical (unpaired) electrons. The van der Waals surface area contributed by atoms with Gasteiger partial charge in [0.25, 0.3) is 0 Å². The summed E-state index contributed by atoms with van der Waals surface area (Å²) in [6.45, 7) is 10.6. The lowest BCUT2D eigenvalue weighted by Gasteiger charge is -2.26. The number of nitrogens with zero attached hydrogens (tertiary/aromatic N) is 4. The Morgan fingerprint density at radius 3 is 2.62 bits per heavy atom. The van der Waals surface area contributed by atoms with Crippen molar-refractivity contribution in [3.8, 4) is 0 Å². The van der Waals surface area contributed by atoms with Crippen LogP contribution in [0.3, 0.4) is 0 Å². The number of halogens is 1. The van der Waals surface area contributed by atoms with Crippen molar-refractivity contribution in [2.45, 2.75) is 59.7 Å². The van der Waals surface area contributed by atoms with E-state index in [9.17, 15) is 0 Å². The summed E-state index contributed by atoms with van der Waals surface area (Å²) >= 11 is 6.45. The molecule has 3 N–H and O–H groups in total. The summed E-state index contributed by atoms with van der Waals surface area (Å²) in [5.41, 5.74) is 7.53. The molecule has 0 aliphatic heterocycles. The molecule has 0 fully saturated rings. The van der Waals surface area contributed by atoms with E-state index in [1.54, 1.807) is 0 Å². The monoisotopic (exact) mass is 315 g/mol. The molecular formula is C14H26ClN5O. The van der Waals surface area contributed by atoms with E-state index in [2.05, 4.69) is 42.8 Å². The van der Waals surface area contributed by atoms with E-state index >= 15 is 0 Å². The van der Waals surface area contributed by atoms with E-state index in [0.29, 0.717) is 25.6 Å². The number of aromatic nitrogens is 2. The summed E-state index contributed by atoms with van der Waals surface area (Å²) in [6, 6.07) is 0.331. The van der Waals surface area contributed by atoms with E-state index in [4.69, 9.17) is 22.5 Å². The highest BCUT2D eigenvalue weighted by molar-refractivity contribution is 6.31. The Balaban J connectivity index is 2.91. The molecule has 0 aliphatic rings. The second-order valence-electron chi connectivity index (χ2n) is 5.28. The zero-order valence-corrected chi connectivity index (χ0v) is 14.1. The second kappa shape index (κ2) is 8.24. The molecule has 0 bridgehead atoms. The van der Waals surface area contributed by atoms with Crippen LogP contribution in [0.1, 0.15) is 45.5 Å². The van der Waals surface area contributed by atoms with Gasteiger partial charge in [-0.2, -0.15) is 5.10 Å². The Morgan fingerprint density at radius 2 is 2.14 bits per heavy atom. The van der Waals surface area contributed by atoms with E-state index in [-0.39, 0.29) is 5.84 Å². The summed E-state index contributed by atoms with van der Waals surface area (Å²) < 4.78 is 1.96. The number of oxime groups is 1. The van der Waals surface area contributed by atoms with Crippen molar-refractivity contribution in [2.75, 3.05) is 6.54 Å². The van der Waals surface area contributed by atoms with Crippen LogP contribution in [0.25, 0.3) is 0 Å². The van der Waals surface area contributed by atoms with Gasteiger partial charge in [-0.15, -0.1) is 0 Å². The third-order valence-electron chi connectivity index (χ3n) is 3.56. The summed E-state index contributed by atoms with van der Waals surface area (Å²) in [5.74, 6) is 0.241. The van der Waals surface area contributed by atoms with Gasteiger partial charge in [-0.05, 0) is 27.2 Å². The van der Waals surface area contributed by atoms with Crippen molar-refractivity contribution in [3.05, 3.63) is 16.4 Å². The quantitative estimate of drug-likeness (QED) is 0.334. The fourth-order valence-electron chi connectivity index (χ4n) is 2.19. The minimum Gasteiger partial charge on any atom is -0.409 e. The van der Waals surface area contributed by atoms with Crippen LogP contribution in [0.15, 0.2) is 5.16 Å². The van der Waals surface area contributed by atoms with Crippen molar-refractivity contribution in [1.29, 1.82) is 0 Å². The van der Waals surface area contributed by atoms with Gasteiger partial charge in [-0.25, -0.2) is 0 Å². The summed E-state index contributed by atoms with van der Waals surface area (Å²) in [5, 5.41) is 17.0. The maximum absolute atomic E-state index is 8.65. The number of nitrogens with two attached hydrogens (primary N) is 1. The Bertz CT molecular complexity index is 484. The van der Waals surface area contributed by atoms with Crippen LogP contribution in [-0.4, -0.2) is 38.3 Å². The predicted molar refractivity (Wildman–Crippen MR) is 85.9 cm³/mol. The third kappa shape index (κ3) is 4.61. The molecular weight excluding hydrogens is 290 g/mol. The molecule has 120 valence electrons. The summed E-state index contributed by atoms with van der Waals surface area (Å²) in [7, 11) is 0. The molecule has 0 saturated heterocycles. The van der Waals surface area contributed by atoms with Gasteiger partial charge in [0.2, 0.25) is 0 Å². The van der Waals surface area contributed by atoms with Crippen molar-refractivity contribution < 1.29 is 5.21 Å². The number of amidine groups is 1. The van der Waals surface area contributed by atoms with Gasteiger partial charge in [0.05, 0.1) is 16.4 Å². The Hall–Kier alpha value is -1.27. The molecule has 0 unspecified atom stereocenters. The first-order valence-electron chi connectivity index (χ1n) is 7.38. The smallest absolute Gasteiger partial charge is 0.140 e. The Labute approximate surface area is 131 Å². The van der Waals surface area contributed by atoms with Crippen molar-refractivity contribution >= 4 is 17.4 Å². The molecule has 1 aromatic heterocycles. The van der Waals surface area contributed by atoms with Crippen LogP contribution in [0, 0.1) is 0 Å². The minimum atomic E-state index is 0.241. The molecule has 0 amide bonds. The van der Waals surface area contributed by atoms with E-state index < -0.39 is 0 Å². The first-order valence-corrected chi connectivity index (χ1v) is 7.76. The topological polar surface area (TPSA) is 79.7 Å². The molecule has 1 heterocycles. The fraction of sp³-hybridized carbons (Fsp3) is 0.714. The van der Waals surface area contributed by atoms with Gasteiger partial charge < -0.3 is 10.9 Å². The van der Waals surface area contributed by atoms with Crippen molar-refractivity contribution in [1.82, 2.24) is 14.7 Å². The number of aryl methyl sites for hydroxylation is 2. The van der Waals surface area contributed by atoms with Crippen LogP contribution in [0.4, 0.5) is 0 Å². The molecule has 1 rings (SSSR count). The lowest BCUT2D eigenvalue weighted by molar-refractivity contribution is 0.211. The molecule has 21 heavy (non-hydrogen) atoms. The van der Waals surface area contributed by atoms with Crippen molar-refractivity contribution in [2.24, 2.45) is 10.9 Å².